The van der Waals surface area contributed by atoms with Crippen molar-refractivity contribution in [2.24, 2.45) is 16.6 Å². The molecule has 0 unspecified atom stereocenters. The fourth-order valence-corrected chi connectivity index (χ4v) is 4.12. The van der Waals surface area contributed by atoms with Crippen LogP contribution in [0.15, 0.2) is 26.2 Å². The van der Waals surface area contributed by atoms with Crippen molar-refractivity contribution in [3.63, 3.8) is 0 Å². The maximum absolute atomic E-state index is 12.3. The second-order valence-corrected chi connectivity index (χ2v) is 8.52. The van der Waals surface area contributed by atoms with Crippen LogP contribution in [-0.4, -0.2) is 55.0 Å². The van der Waals surface area contributed by atoms with E-state index in [-0.39, 0.29) is 24.1 Å². The number of nitrogens with zero attached hydrogens (tertiary/aromatic N) is 1. The monoisotopic (exact) mass is 576 g/mol. The summed E-state index contributed by atoms with van der Waals surface area (Å²) in [5.41, 5.74) is 11.2. The molecular formula is C19H30Br2N8O3. The summed E-state index contributed by atoms with van der Waals surface area (Å²) in [6.07, 6.45) is 3.17. The number of halogens is 2. The van der Waals surface area contributed by atoms with E-state index >= 15 is 0 Å². The number of guanidine groups is 2. The SMILES string of the molecule is N=C(N)NCCCCNC(=O)C(Cc1cc(Br)c(OCCCCNC(=N)N)c(Br)c1)=NO. The van der Waals surface area contributed by atoms with Crippen LogP contribution in [0.25, 0.3) is 0 Å². The molecule has 10 N–H and O–H groups in total. The Labute approximate surface area is 204 Å². The van der Waals surface area contributed by atoms with E-state index in [4.69, 9.17) is 27.0 Å². The lowest BCUT2D eigenvalue weighted by molar-refractivity contribution is -0.115. The number of amides is 1. The number of ether oxygens (including phenoxy) is 1. The number of carbonyl (C=O) groups is 1. The number of hydrogen-bond donors (Lipinski definition) is 8. The van der Waals surface area contributed by atoms with Gasteiger partial charge in [0.15, 0.2) is 11.9 Å². The Morgan fingerprint density at radius 3 is 1.97 bits per heavy atom. The number of unbranched alkanes of at least 4 members (excludes halogenated alkanes) is 2. The van der Waals surface area contributed by atoms with Crippen LogP contribution < -0.4 is 32.2 Å². The van der Waals surface area contributed by atoms with E-state index in [2.05, 4.69) is 53.0 Å². The molecule has 0 spiro atoms. The molecule has 1 rings (SSSR count). The molecule has 0 aliphatic carbocycles. The standard InChI is InChI=1S/C19H30Br2N8O3/c20-13-9-12(10-14(21)16(13)32-8-4-3-7-28-19(24)25)11-15(29-31)17(30)26-5-1-2-6-27-18(22)23/h9-10,31H,1-8,11H2,(H,26,30)(H4,22,23,27)(H4,24,25,28). The van der Waals surface area contributed by atoms with Crippen LogP contribution in [0.4, 0.5) is 0 Å². The van der Waals surface area contributed by atoms with Gasteiger partial charge in [0.2, 0.25) is 0 Å². The average Bonchev–Trinajstić information content (AvgIpc) is 2.72. The van der Waals surface area contributed by atoms with Gasteiger partial charge in [-0.15, -0.1) is 0 Å². The van der Waals surface area contributed by atoms with Gasteiger partial charge >= 0.3 is 0 Å². The van der Waals surface area contributed by atoms with Gasteiger partial charge in [0, 0.05) is 26.1 Å². The van der Waals surface area contributed by atoms with Crippen molar-refractivity contribution in [3.05, 3.63) is 26.6 Å². The summed E-state index contributed by atoms with van der Waals surface area (Å²) < 4.78 is 7.23. The van der Waals surface area contributed by atoms with Crippen LogP contribution in [0, 0.1) is 10.8 Å². The molecule has 0 fully saturated rings. The Kier molecular flexibility index (Phi) is 13.1. The van der Waals surface area contributed by atoms with Crippen molar-refractivity contribution in [3.8, 4) is 5.75 Å². The highest BCUT2D eigenvalue weighted by atomic mass is 79.9. The highest BCUT2D eigenvalue weighted by Gasteiger charge is 2.16. The lowest BCUT2D eigenvalue weighted by Crippen LogP contribution is -2.34. The van der Waals surface area contributed by atoms with E-state index in [1.807, 2.05) is 12.1 Å². The zero-order valence-corrected chi connectivity index (χ0v) is 20.8. The van der Waals surface area contributed by atoms with Gasteiger partial charge in [-0.05, 0) is 75.2 Å². The molecule has 178 valence electrons. The second kappa shape index (κ2) is 15.3. The van der Waals surface area contributed by atoms with Crippen molar-refractivity contribution in [1.29, 1.82) is 10.8 Å². The molecule has 1 aromatic carbocycles. The molecular weight excluding hydrogens is 548 g/mol. The highest BCUT2D eigenvalue weighted by Crippen LogP contribution is 2.35. The maximum Gasteiger partial charge on any atom is 0.269 e. The summed E-state index contributed by atoms with van der Waals surface area (Å²) >= 11 is 6.96. The lowest BCUT2D eigenvalue weighted by atomic mass is 10.1. The Hall–Kier alpha value is -2.54. The van der Waals surface area contributed by atoms with Gasteiger partial charge < -0.3 is 37.4 Å². The fourth-order valence-electron chi connectivity index (χ4n) is 2.61. The van der Waals surface area contributed by atoms with Crippen molar-refractivity contribution in [2.45, 2.75) is 32.1 Å². The first kappa shape index (κ1) is 27.5. The first-order chi connectivity index (χ1) is 15.2. The van der Waals surface area contributed by atoms with Crippen LogP contribution in [-0.2, 0) is 11.2 Å². The second-order valence-electron chi connectivity index (χ2n) is 6.81. The van der Waals surface area contributed by atoms with Crippen molar-refractivity contribution < 1.29 is 14.7 Å². The van der Waals surface area contributed by atoms with Gasteiger partial charge in [-0.25, -0.2) is 0 Å². The number of oxime groups is 1. The fraction of sp³-hybridized carbons (Fsp3) is 0.474. The van der Waals surface area contributed by atoms with Gasteiger partial charge in [0.1, 0.15) is 11.5 Å². The molecule has 1 aromatic rings. The molecule has 0 atom stereocenters. The molecule has 32 heavy (non-hydrogen) atoms. The molecule has 0 radical (unpaired) electrons. The topological polar surface area (TPSA) is 195 Å². The molecule has 0 saturated heterocycles. The predicted octanol–water partition coefficient (Wildman–Crippen LogP) is 1.61. The minimum atomic E-state index is -0.446. The van der Waals surface area contributed by atoms with Crippen LogP contribution in [0.1, 0.15) is 31.2 Å². The predicted molar refractivity (Wildman–Crippen MR) is 132 cm³/mol. The summed E-state index contributed by atoms with van der Waals surface area (Å²) in [5, 5.41) is 34.8. The van der Waals surface area contributed by atoms with Crippen LogP contribution in [0.5, 0.6) is 5.75 Å². The molecule has 13 heteroatoms. The molecule has 0 bridgehead atoms. The molecule has 0 aromatic heterocycles. The largest absolute Gasteiger partial charge is 0.491 e. The Bertz CT molecular complexity index is 797. The molecule has 0 aliphatic rings. The van der Waals surface area contributed by atoms with Crippen LogP contribution in [0.2, 0.25) is 0 Å². The smallest absolute Gasteiger partial charge is 0.269 e. The summed E-state index contributed by atoms with van der Waals surface area (Å²) in [7, 11) is 0. The Morgan fingerprint density at radius 1 is 0.969 bits per heavy atom. The van der Waals surface area contributed by atoms with E-state index in [1.54, 1.807) is 0 Å². The summed E-state index contributed by atoms with van der Waals surface area (Å²) in [4.78, 5) is 12.3. The first-order valence-electron chi connectivity index (χ1n) is 10.00. The number of nitrogens with two attached hydrogens (primary N) is 2. The number of hydrogen-bond acceptors (Lipinski definition) is 6. The molecule has 0 saturated carbocycles. The van der Waals surface area contributed by atoms with Crippen LogP contribution in [0.3, 0.4) is 0 Å². The number of rotatable bonds is 14. The number of nitrogens with one attached hydrogen (secondary N) is 5. The third-order valence-electron chi connectivity index (χ3n) is 4.15. The minimum absolute atomic E-state index is 0.00250. The first-order valence-corrected chi connectivity index (χ1v) is 11.6. The summed E-state index contributed by atoms with van der Waals surface area (Å²) in [5.74, 6) is 0.0611. The van der Waals surface area contributed by atoms with E-state index in [0.717, 1.165) is 24.8 Å². The van der Waals surface area contributed by atoms with Crippen molar-refractivity contribution in [2.75, 3.05) is 26.2 Å². The minimum Gasteiger partial charge on any atom is -0.491 e. The van der Waals surface area contributed by atoms with Gasteiger partial charge in [0.25, 0.3) is 5.91 Å². The molecule has 11 nitrogen and oxygen atoms in total. The number of carbonyl (C=O) groups excluding carboxylic acids is 1. The van der Waals surface area contributed by atoms with E-state index in [9.17, 15) is 10.0 Å². The van der Waals surface area contributed by atoms with Gasteiger partial charge in [-0.2, -0.15) is 0 Å². The normalized spacial score (nSPS) is 11.0. The zero-order chi connectivity index (χ0) is 23.9. The van der Waals surface area contributed by atoms with Crippen LogP contribution >= 0.6 is 31.9 Å². The lowest BCUT2D eigenvalue weighted by Gasteiger charge is -2.13. The van der Waals surface area contributed by atoms with Crippen molar-refractivity contribution >= 4 is 55.4 Å². The van der Waals surface area contributed by atoms with Gasteiger partial charge in [0.05, 0.1) is 15.6 Å². The van der Waals surface area contributed by atoms with Crippen molar-refractivity contribution in [1.82, 2.24) is 16.0 Å². The molecule has 0 heterocycles. The summed E-state index contributed by atoms with van der Waals surface area (Å²) in [6.45, 7) is 2.07. The van der Waals surface area contributed by atoms with Gasteiger partial charge in [-0.3, -0.25) is 15.6 Å². The maximum atomic E-state index is 12.3. The average molecular weight is 578 g/mol. The van der Waals surface area contributed by atoms with E-state index < -0.39 is 5.91 Å². The Balaban J connectivity index is 2.51. The number of benzene rings is 1. The third-order valence-corrected chi connectivity index (χ3v) is 5.33. The highest BCUT2D eigenvalue weighted by molar-refractivity contribution is 9.11. The van der Waals surface area contributed by atoms with E-state index in [0.29, 0.717) is 47.4 Å². The van der Waals surface area contributed by atoms with Gasteiger partial charge in [-0.1, -0.05) is 5.16 Å². The Morgan fingerprint density at radius 2 is 1.47 bits per heavy atom. The summed E-state index contributed by atoms with van der Waals surface area (Å²) in [6, 6.07) is 3.62. The van der Waals surface area contributed by atoms with E-state index in [1.165, 1.54) is 0 Å². The zero-order valence-electron chi connectivity index (χ0n) is 17.6. The molecule has 1 amide bonds. The molecule has 0 aliphatic heterocycles. The quantitative estimate of drug-likeness (QED) is 0.0540. The third kappa shape index (κ3) is 11.2.